The summed E-state index contributed by atoms with van der Waals surface area (Å²) in [4.78, 5) is 24.1. The van der Waals surface area contributed by atoms with E-state index in [-0.39, 0.29) is 11.6 Å². The summed E-state index contributed by atoms with van der Waals surface area (Å²) in [5.41, 5.74) is 0.956. The van der Waals surface area contributed by atoms with Crippen LogP contribution in [0.4, 0.5) is 0 Å². The van der Waals surface area contributed by atoms with Crippen LogP contribution < -0.4 is 10.2 Å². The van der Waals surface area contributed by atoms with E-state index < -0.39 is 11.4 Å². The number of carboxylic acids is 1. The van der Waals surface area contributed by atoms with Crippen LogP contribution in [0.25, 0.3) is 10.9 Å². The predicted molar refractivity (Wildman–Crippen MR) is 115 cm³/mol. The van der Waals surface area contributed by atoms with Crippen molar-refractivity contribution < 1.29 is 14.6 Å². The molecule has 0 bridgehead atoms. The number of carboxylic acid groups (broad SMARTS) is 1. The fraction of sp³-hybridized carbons (Fsp3) is 0.167. The number of aromatic carboxylic acids is 1. The molecular formula is C24H23NO4. The Labute approximate surface area is 169 Å². The van der Waals surface area contributed by atoms with Crippen molar-refractivity contribution in [3.05, 3.63) is 100 Å². The molecule has 0 saturated carbocycles. The first kappa shape index (κ1) is 20.1. The predicted octanol–water partition coefficient (Wildman–Crippen LogP) is 5.17. The molecule has 29 heavy (non-hydrogen) atoms. The Morgan fingerprint density at radius 1 is 1.10 bits per heavy atom. The van der Waals surface area contributed by atoms with E-state index in [1.807, 2.05) is 80.0 Å². The van der Waals surface area contributed by atoms with Gasteiger partial charge in [-0.25, -0.2) is 4.79 Å². The maximum absolute atomic E-state index is 12.5. The van der Waals surface area contributed by atoms with Crippen LogP contribution in [-0.2, 0) is 0 Å². The molecular weight excluding hydrogens is 366 g/mol. The minimum atomic E-state index is -1.23. The topological polar surface area (TPSA) is 68.5 Å². The molecule has 0 amide bonds. The third-order valence-electron chi connectivity index (χ3n) is 4.80. The summed E-state index contributed by atoms with van der Waals surface area (Å²) in [7, 11) is 0. The molecule has 0 saturated heterocycles. The van der Waals surface area contributed by atoms with Crippen molar-refractivity contribution in [2.75, 3.05) is 0 Å². The number of nitrogens with zero attached hydrogens (tertiary/aromatic N) is 1. The maximum atomic E-state index is 12.5. The minimum absolute atomic E-state index is 0.177. The van der Waals surface area contributed by atoms with Gasteiger partial charge in [0.25, 0.3) is 0 Å². The smallest absolute Gasteiger partial charge is 0.341 e. The number of para-hydroxylation sites is 1. The highest BCUT2D eigenvalue weighted by molar-refractivity contribution is 5.92. The molecule has 0 spiro atoms. The second-order valence-electron chi connectivity index (χ2n) is 6.64. The van der Waals surface area contributed by atoms with Crippen LogP contribution in [0.3, 0.4) is 0 Å². The Morgan fingerprint density at radius 3 is 2.41 bits per heavy atom. The number of pyridine rings is 1. The van der Waals surface area contributed by atoms with Crippen molar-refractivity contribution in [2.24, 2.45) is 0 Å². The molecule has 0 radical (unpaired) electrons. The number of aromatic nitrogens is 1. The summed E-state index contributed by atoms with van der Waals surface area (Å²) in [6, 6.07) is 14.5. The first-order valence-electron chi connectivity index (χ1n) is 9.40. The highest BCUT2D eigenvalue weighted by Gasteiger charge is 2.17. The Kier molecular flexibility index (Phi) is 5.98. The molecule has 0 aliphatic carbocycles. The van der Waals surface area contributed by atoms with Crippen LogP contribution in [0, 0.1) is 0 Å². The highest BCUT2D eigenvalue weighted by Crippen LogP contribution is 2.25. The molecule has 1 atom stereocenters. The number of allylic oxidation sites excluding steroid dienone is 3. The molecule has 0 aliphatic rings. The lowest BCUT2D eigenvalue weighted by atomic mass is 10.1. The SMILES string of the molecule is C/C=C\C(=C/C)Oc1ccc(C(C)n2cc(C(=O)O)c(=O)c3ccccc32)cc1. The zero-order chi connectivity index (χ0) is 21.0. The summed E-state index contributed by atoms with van der Waals surface area (Å²) < 4.78 is 7.66. The monoisotopic (exact) mass is 389 g/mol. The Hall–Kier alpha value is -3.60. The van der Waals surface area contributed by atoms with Gasteiger partial charge in [0, 0.05) is 11.6 Å². The summed E-state index contributed by atoms with van der Waals surface area (Å²) >= 11 is 0. The van der Waals surface area contributed by atoms with Crippen molar-refractivity contribution in [1.29, 1.82) is 0 Å². The normalized spacial score (nSPS) is 13.0. The second kappa shape index (κ2) is 8.61. The number of ether oxygens (including phenoxy) is 1. The molecule has 2 aromatic carbocycles. The molecule has 1 aromatic heterocycles. The molecule has 0 fully saturated rings. The van der Waals surface area contributed by atoms with Crippen molar-refractivity contribution in [2.45, 2.75) is 26.8 Å². The lowest BCUT2D eigenvalue weighted by Crippen LogP contribution is -2.20. The average molecular weight is 389 g/mol. The van der Waals surface area contributed by atoms with E-state index in [1.54, 1.807) is 12.1 Å². The molecule has 3 aromatic rings. The van der Waals surface area contributed by atoms with Crippen LogP contribution in [-0.4, -0.2) is 15.6 Å². The van der Waals surface area contributed by atoms with Crippen molar-refractivity contribution in [3.63, 3.8) is 0 Å². The summed E-state index contributed by atoms with van der Waals surface area (Å²) in [6.45, 7) is 5.81. The summed E-state index contributed by atoms with van der Waals surface area (Å²) in [6.07, 6.45) is 7.10. The van der Waals surface area contributed by atoms with Crippen LogP contribution in [0.5, 0.6) is 5.75 Å². The van der Waals surface area contributed by atoms with Gasteiger partial charge in [-0.2, -0.15) is 0 Å². The van der Waals surface area contributed by atoms with E-state index in [0.29, 0.717) is 16.7 Å². The fourth-order valence-corrected chi connectivity index (χ4v) is 3.24. The largest absolute Gasteiger partial charge is 0.477 e. The fourth-order valence-electron chi connectivity index (χ4n) is 3.24. The van der Waals surface area contributed by atoms with Gasteiger partial charge < -0.3 is 14.4 Å². The van der Waals surface area contributed by atoms with E-state index in [9.17, 15) is 14.7 Å². The quantitative estimate of drug-likeness (QED) is 0.467. The van der Waals surface area contributed by atoms with Crippen LogP contribution >= 0.6 is 0 Å². The van der Waals surface area contributed by atoms with Crippen molar-refractivity contribution >= 4 is 16.9 Å². The number of hydrogen-bond acceptors (Lipinski definition) is 3. The molecule has 5 nitrogen and oxygen atoms in total. The van der Waals surface area contributed by atoms with Gasteiger partial charge >= 0.3 is 5.97 Å². The number of carbonyl (C=O) groups is 1. The Bertz CT molecular complexity index is 1150. The van der Waals surface area contributed by atoms with Gasteiger partial charge in [-0.3, -0.25) is 4.79 Å². The first-order chi connectivity index (χ1) is 14.0. The average Bonchev–Trinajstić information content (AvgIpc) is 2.73. The number of benzene rings is 2. The summed E-state index contributed by atoms with van der Waals surface area (Å²) in [5, 5.41) is 9.84. The van der Waals surface area contributed by atoms with Gasteiger partial charge in [-0.05, 0) is 62.8 Å². The number of fused-ring (bicyclic) bond motifs is 1. The first-order valence-corrected chi connectivity index (χ1v) is 9.40. The number of rotatable bonds is 6. The molecule has 1 unspecified atom stereocenters. The van der Waals surface area contributed by atoms with Gasteiger partial charge in [-0.1, -0.05) is 30.3 Å². The zero-order valence-electron chi connectivity index (χ0n) is 16.6. The summed E-state index contributed by atoms with van der Waals surface area (Å²) in [5.74, 6) is 0.238. The van der Waals surface area contributed by atoms with Gasteiger partial charge in [-0.15, -0.1) is 0 Å². The standard InChI is InChI=1S/C24H23NO4/c1-4-8-18(5-2)29-19-13-11-17(12-14-19)16(3)25-15-21(24(27)28)23(26)20-9-6-7-10-22(20)25/h4-16H,1-3H3,(H,27,28)/b8-4-,18-5+. The van der Waals surface area contributed by atoms with Crippen LogP contribution in [0.15, 0.2) is 83.5 Å². The third kappa shape index (κ3) is 4.14. The van der Waals surface area contributed by atoms with E-state index >= 15 is 0 Å². The van der Waals surface area contributed by atoms with Crippen molar-refractivity contribution in [1.82, 2.24) is 4.57 Å². The van der Waals surface area contributed by atoms with Gasteiger partial charge in [0.15, 0.2) is 0 Å². The van der Waals surface area contributed by atoms with E-state index in [1.165, 1.54) is 6.20 Å². The Balaban J connectivity index is 2.01. The minimum Gasteiger partial charge on any atom is -0.477 e. The molecule has 5 heteroatoms. The van der Waals surface area contributed by atoms with E-state index in [2.05, 4.69) is 0 Å². The van der Waals surface area contributed by atoms with E-state index in [4.69, 9.17) is 4.74 Å². The Morgan fingerprint density at radius 2 is 1.79 bits per heavy atom. The van der Waals surface area contributed by atoms with E-state index in [0.717, 1.165) is 11.3 Å². The second-order valence-corrected chi connectivity index (χ2v) is 6.64. The molecule has 1 N–H and O–H groups in total. The third-order valence-corrected chi connectivity index (χ3v) is 4.80. The molecule has 1 heterocycles. The zero-order valence-corrected chi connectivity index (χ0v) is 16.6. The highest BCUT2D eigenvalue weighted by atomic mass is 16.5. The van der Waals surface area contributed by atoms with Crippen LogP contribution in [0.2, 0.25) is 0 Å². The van der Waals surface area contributed by atoms with Gasteiger partial charge in [0.2, 0.25) is 5.43 Å². The van der Waals surface area contributed by atoms with Crippen molar-refractivity contribution in [3.8, 4) is 5.75 Å². The molecule has 0 aliphatic heterocycles. The lowest BCUT2D eigenvalue weighted by Gasteiger charge is -2.20. The van der Waals surface area contributed by atoms with Gasteiger partial charge in [0.05, 0.1) is 11.6 Å². The molecule has 3 rings (SSSR count). The maximum Gasteiger partial charge on any atom is 0.341 e. The molecule has 148 valence electrons. The lowest BCUT2D eigenvalue weighted by molar-refractivity contribution is 0.0694. The van der Waals surface area contributed by atoms with Gasteiger partial charge in [0.1, 0.15) is 17.1 Å². The number of hydrogen-bond donors (Lipinski definition) is 1. The van der Waals surface area contributed by atoms with Crippen LogP contribution in [0.1, 0.15) is 42.7 Å².